The van der Waals surface area contributed by atoms with Crippen molar-refractivity contribution >= 4 is 45.8 Å². The van der Waals surface area contributed by atoms with Gasteiger partial charge in [0, 0.05) is 0 Å². The van der Waals surface area contributed by atoms with Crippen LogP contribution >= 0.6 is 23.2 Å². The van der Waals surface area contributed by atoms with Crippen LogP contribution in [-0.4, -0.2) is 30.6 Å². The number of para-hydroxylation sites is 2. The van der Waals surface area contributed by atoms with Gasteiger partial charge in [-0.15, -0.1) is 0 Å². The van der Waals surface area contributed by atoms with E-state index in [0.717, 1.165) is 0 Å². The molecule has 27 heavy (non-hydrogen) atoms. The van der Waals surface area contributed by atoms with Crippen molar-refractivity contribution in [2.45, 2.75) is 0 Å². The van der Waals surface area contributed by atoms with Gasteiger partial charge in [-0.2, -0.15) is 5.10 Å². The summed E-state index contributed by atoms with van der Waals surface area (Å²) in [5.74, 6) is -0.459. The lowest BCUT2D eigenvalue weighted by Crippen LogP contribution is -2.15. The van der Waals surface area contributed by atoms with Crippen LogP contribution in [0.15, 0.2) is 53.7 Å². The number of aromatic nitrogens is 5. The van der Waals surface area contributed by atoms with E-state index in [4.69, 9.17) is 23.2 Å². The lowest BCUT2D eigenvalue weighted by molar-refractivity contribution is 0.102. The molecule has 0 spiro atoms. The zero-order valence-electron chi connectivity index (χ0n) is 13.5. The second-order valence-electron chi connectivity index (χ2n) is 5.47. The molecule has 0 saturated carbocycles. The van der Waals surface area contributed by atoms with Gasteiger partial charge in [0.25, 0.3) is 11.5 Å². The lowest BCUT2D eigenvalue weighted by Gasteiger charge is -2.12. The van der Waals surface area contributed by atoms with Crippen molar-refractivity contribution in [3.63, 3.8) is 0 Å². The predicted octanol–water partition coefficient (Wildman–Crippen LogP) is 3.06. The summed E-state index contributed by atoms with van der Waals surface area (Å²) in [5.41, 5.74) is 1.24. The van der Waals surface area contributed by atoms with Gasteiger partial charge in [-0.3, -0.25) is 9.59 Å². The number of fused-ring (bicyclic) bond motifs is 1. The second kappa shape index (κ2) is 6.82. The highest BCUT2D eigenvalue weighted by Gasteiger charge is 2.16. The van der Waals surface area contributed by atoms with Crippen LogP contribution in [0.3, 0.4) is 0 Å². The maximum absolute atomic E-state index is 12.6. The van der Waals surface area contributed by atoms with Crippen LogP contribution in [0.2, 0.25) is 10.3 Å². The van der Waals surface area contributed by atoms with Crippen molar-refractivity contribution in [3.05, 3.63) is 75.1 Å². The number of pyridine rings is 1. The van der Waals surface area contributed by atoms with Gasteiger partial charge in [-0.25, -0.2) is 14.6 Å². The Morgan fingerprint density at radius 2 is 1.96 bits per heavy atom. The normalized spacial score (nSPS) is 10.9. The SMILES string of the molecule is O=C(Nc1ccccc1-n1ncc2c(=O)[nH]cnc21)c1ccc(Cl)nc1Cl. The third-order valence-corrected chi connectivity index (χ3v) is 4.31. The van der Waals surface area contributed by atoms with Crippen molar-refractivity contribution in [2.75, 3.05) is 5.32 Å². The van der Waals surface area contributed by atoms with Crippen molar-refractivity contribution in [1.29, 1.82) is 0 Å². The summed E-state index contributed by atoms with van der Waals surface area (Å²) < 4.78 is 1.47. The summed E-state index contributed by atoms with van der Waals surface area (Å²) in [4.78, 5) is 35.0. The van der Waals surface area contributed by atoms with Gasteiger partial charge >= 0.3 is 0 Å². The molecule has 0 aliphatic rings. The highest BCUT2D eigenvalue weighted by atomic mass is 35.5. The molecule has 0 aliphatic carbocycles. The number of hydrogen-bond donors (Lipinski definition) is 2. The molecule has 1 aromatic carbocycles. The van der Waals surface area contributed by atoms with E-state index in [0.29, 0.717) is 22.4 Å². The summed E-state index contributed by atoms with van der Waals surface area (Å²) in [6, 6.07) is 9.94. The van der Waals surface area contributed by atoms with E-state index in [1.165, 1.54) is 29.3 Å². The first-order chi connectivity index (χ1) is 13.0. The fraction of sp³-hybridized carbons (Fsp3) is 0. The topological polar surface area (TPSA) is 106 Å². The van der Waals surface area contributed by atoms with E-state index >= 15 is 0 Å². The molecular weight excluding hydrogens is 391 g/mol. The number of rotatable bonds is 3. The Morgan fingerprint density at radius 3 is 2.78 bits per heavy atom. The monoisotopic (exact) mass is 400 g/mol. The van der Waals surface area contributed by atoms with E-state index in [1.807, 2.05) is 0 Å². The molecule has 0 fully saturated rings. The first-order valence-electron chi connectivity index (χ1n) is 7.69. The number of anilines is 1. The molecule has 0 unspecified atom stereocenters. The van der Waals surface area contributed by atoms with Gasteiger partial charge in [0.2, 0.25) is 0 Å². The number of hydrogen-bond acceptors (Lipinski definition) is 5. The highest BCUT2D eigenvalue weighted by molar-refractivity contribution is 6.35. The standard InChI is InChI=1S/C17H10Cl2N6O2/c18-13-6-5-9(14(19)24-13)17(27)23-11-3-1-2-4-12(11)25-15-10(7-22-25)16(26)21-8-20-15/h1-8H,(H,23,27)(H,20,21,26). The molecule has 0 atom stereocenters. The molecule has 0 aliphatic heterocycles. The smallest absolute Gasteiger partial charge is 0.261 e. The Hall–Kier alpha value is -3.23. The molecule has 8 nitrogen and oxygen atoms in total. The third kappa shape index (κ3) is 3.16. The second-order valence-corrected chi connectivity index (χ2v) is 6.21. The van der Waals surface area contributed by atoms with Crippen molar-refractivity contribution in [1.82, 2.24) is 24.7 Å². The Labute approximate surface area is 161 Å². The number of aromatic amines is 1. The fourth-order valence-electron chi connectivity index (χ4n) is 2.57. The van der Waals surface area contributed by atoms with E-state index < -0.39 is 5.91 Å². The summed E-state index contributed by atoms with van der Waals surface area (Å²) in [6.07, 6.45) is 2.71. The van der Waals surface area contributed by atoms with Crippen molar-refractivity contribution in [3.8, 4) is 5.69 Å². The summed E-state index contributed by atoms with van der Waals surface area (Å²) in [6.45, 7) is 0. The molecule has 0 radical (unpaired) electrons. The minimum absolute atomic E-state index is 0.00443. The van der Waals surface area contributed by atoms with Crippen molar-refractivity contribution in [2.24, 2.45) is 0 Å². The Kier molecular flexibility index (Phi) is 4.35. The highest BCUT2D eigenvalue weighted by Crippen LogP contribution is 2.24. The maximum Gasteiger partial charge on any atom is 0.261 e. The third-order valence-electron chi connectivity index (χ3n) is 3.81. The number of carbonyl (C=O) groups excluding carboxylic acids is 1. The summed E-state index contributed by atoms with van der Waals surface area (Å²) in [5, 5.41) is 7.52. The first kappa shape index (κ1) is 17.2. The molecule has 0 bridgehead atoms. The van der Waals surface area contributed by atoms with Crippen LogP contribution in [0.1, 0.15) is 10.4 Å². The van der Waals surface area contributed by atoms with Gasteiger partial charge in [0.05, 0.1) is 29.5 Å². The van der Waals surface area contributed by atoms with Crippen LogP contribution in [0.4, 0.5) is 5.69 Å². The van der Waals surface area contributed by atoms with Gasteiger partial charge in [-0.05, 0) is 24.3 Å². The number of halogens is 2. The largest absolute Gasteiger partial charge is 0.320 e. The van der Waals surface area contributed by atoms with E-state index in [9.17, 15) is 9.59 Å². The molecule has 3 heterocycles. The molecule has 1 amide bonds. The van der Waals surface area contributed by atoms with Crippen LogP contribution in [0, 0.1) is 0 Å². The quantitative estimate of drug-likeness (QED) is 0.514. The number of H-pyrrole nitrogens is 1. The van der Waals surface area contributed by atoms with Crippen molar-refractivity contribution < 1.29 is 4.79 Å². The number of carbonyl (C=O) groups is 1. The molecule has 0 saturated heterocycles. The fourth-order valence-corrected chi connectivity index (χ4v) is 3.00. The lowest BCUT2D eigenvalue weighted by atomic mass is 10.2. The van der Waals surface area contributed by atoms with Gasteiger partial charge < -0.3 is 10.3 Å². The molecule has 3 aromatic heterocycles. The number of nitrogens with zero attached hydrogens (tertiary/aromatic N) is 4. The summed E-state index contributed by atoms with van der Waals surface area (Å²) >= 11 is 11.8. The predicted molar refractivity (Wildman–Crippen MR) is 102 cm³/mol. The molecule has 4 aromatic rings. The Bertz CT molecular complexity index is 1230. The zero-order chi connectivity index (χ0) is 19.0. The van der Waals surface area contributed by atoms with E-state index in [1.54, 1.807) is 24.3 Å². The van der Waals surface area contributed by atoms with Gasteiger partial charge in [-0.1, -0.05) is 35.3 Å². The Morgan fingerprint density at radius 1 is 1.15 bits per heavy atom. The minimum Gasteiger partial charge on any atom is -0.320 e. The van der Waals surface area contributed by atoms with Crippen LogP contribution in [0.5, 0.6) is 0 Å². The number of nitrogens with one attached hydrogen (secondary N) is 2. The maximum atomic E-state index is 12.6. The van der Waals surface area contributed by atoms with Gasteiger partial charge in [0.15, 0.2) is 5.65 Å². The minimum atomic E-state index is -0.459. The summed E-state index contributed by atoms with van der Waals surface area (Å²) in [7, 11) is 0. The molecule has 10 heteroatoms. The van der Waals surface area contributed by atoms with Gasteiger partial charge in [0.1, 0.15) is 15.7 Å². The average Bonchev–Trinajstić information content (AvgIpc) is 3.07. The molecule has 134 valence electrons. The van der Waals surface area contributed by atoms with Crippen LogP contribution < -0.4 is 10.9 Å². The zero-order valence-corrected chi connectivity index (χ0v) is 15.0. The molecule has 2 N–H and O–H groups in total. The Balaban J connectivity index is 1.76. The first-order valence-corrected chi connectivity index (χ1v) is 8.44. The number of benzene rings is 1. The van der Waals surface area contributed by atoms with Crippen LogP contribution in [-0.2, 0) is 0 Å². The van der Waals surface area contributed by atoms with E-state index in [-0.39, 0.29) is 21.4 Å². The number of amides is 1. The molecule has 4 rings (SSSR count). The van der Waals surface area contributed by atoms with Crippen LogP contribution in [0.25, 0.3) is 16.7 Å². The molecular formula is C17H10Cl2N6O2. The van der Waals surface area contributed by atoms with E-state index in [2.05, 4.69) is 25.4 Å². The average molecular weight is 401 g/mol.